The van der Waals surface area contributed by atoms with E-state index in [0.717, 1.165) is 36.4 Å². The number of nitrogens with zero attached hydrogens (tertiary/aromatic N) is 1. The van der Waals surface area contributed by atoms with Crippen LogP contribution < -0.4 is 20.1 Å². The number of hydrogen-bond donors (Lipinski definition) is 2. The van der Waals surface area contributed by atoms with Crippen LogP contribution in [0, 0.1) is 0 Å². The maximum atomic E-state index is 13.0. The summed E-state index contributed by atoms with van der Waals surface area (Å²) in [5, 5.41) is 5.62. The van der Waals surface area contributed by atoms with E-state index in [9.17, 15) is 9.59 Å². The first-order valence-electron chi connectivity index (χ1n) is 11.0. The third-order valence-electron chi connectivity index (χ3n) is 6.00. The van der Waals surface area contributed by atoms with Crippen LogP contribution in [0.1, 0.15) is 43.2 Å². The molecule has 33 heavy (non-hydrogen) atoms. The Bertz CT molecular complexity index is 1030. The van der Waals surface area contributed by atoms with E-state index >= 15 is 0 Å². The van der Waals surface area contributed by atoms with E-state index in [1.807, 2.05) is 18.2 Å². The Morgan fingerprint density at radius 1 is 1.24 bits per heavy atom. The summed E-state index contributed by atoms with van der Waals surface area (Å²) in [6.45, 7) is 3.16. The van der Waals surface area contributed by atoms with Crippen molar-refractivity contribution in [2.75, 3.05) is 33.9 Å². The number of furan rings is 1. The van der Waals surface area contributed by atoms with Crippen molar-refractivity contribution in [3.05, 3.63) is 59.2 Å². The van der Waals surface area contributed by atoms with Crippen molar-refractivity contribution in [3.8, 4) is 11.5 Å². The first kappa shape index (κ1) is 22.7. The molecule has 2 atom stereocenters. The first-order chi connectivity index (χ1) is 16.0. The van der Waals surface area contributed by atoms with Crippen LogP contribution in [-0.4, -0.2) is 50.8 Å². The number of ether oxygens (including phenoxy) is 3. The highest BCUT2D eigenvalue weighted by Crippen LogP contribution is 2.39. The van der Waals surface area contributed by atoms with Crippen molar-refractivity contribution in [3.63, 3.8) is 0 Å². The Labute approximate surface area is 192 Å². The van der Waals surface area contributed by atoms with Gasteiger partial charge in [0.15, 0.2) is 0 Å². The van der Waals surface area contributed by atoms with Crippen LogP contribution >= 0.6 is 0 Å². The number of amides is 2. The summed E-state index contributed by atoms with van der Waals surface area (Å²) in [5.41, 5.74) is 1.90. The standard InChI is InChI=1S/C24H29N3O6/c1-4-32-23(28)21-17(25-24(29)26-22(21)19-8-6-12-33-19)14-27-11-5-7-18(27)16-10-9-15(30-2)13-20(16)31-3/h6,8-10,12-13,18,22H,4-5,7,11,14H2,1-3H3,(H2,25,26,29)/t18-,22+/m1/s1. The SMILES string of the molecule is CCOC(=O)C1=C(CN2CCC[C@@H]2c2ccc(OC)cc2OC)NC(=O)N[C@H]1c1ccco1. The minimum Gasteiger partial charge on any atom is -0.497 e. The molecule has 3 heterocycles. The topological polar surface area (TPSA) is 102 Å². The number of esters is 1. The third kappa shape index (κ3) is 4.68. The van der Waals surface area contributed by atoms with E-state index in [1.54, 1.807) is 33.3 Å². The van der Waals surface area contributed by atoms with E-state index < -0.39 is 18.0 Å². The second-order valence-corrected chi connectivity index (χ2v) is 7.90. The molecule has 0 bridgehead atoms. The fraction of sp³-hybridized carbons (Fsp3) is 0.417. The van der Waals surface area contributed by atoms with E-state index in [1.165, 1.54) is 6.26 Å². The van der Waals surface area contributed by atoms with Gasteiger partial charge in [-0.3, -0.25) is 4.90 Å². The van der Waals surface area contributed by atoms with Gasteiger partial charge in [0, 0.05) is 29.9 Å². The van der Waals surface area contributed by atoms with Crippen molar-refractivity contribution in [2.45, 2.75) is 31.8 Å². The van der Waals surface area contributed by atoms with Crippen molar-refractivity contribution in [1.82, 2.24) is 15.5 Å². The van der Waals surface area contributed by atoms with E-state index in [-0.39, 0.29) is 12.6 Å². The zero-order valence-electron chi connectivity index (χ0n) is 19.1. The van der Waals surface area contributed by atoms with Crippen LogP contribution in [0.2, 0.25) is 0 Å². The number of likely N-dealkylation sites (tertiary alicyclic amines) is 1. The summed E-state index contributed by atoms with van der Waals surface area (Å²) in [5.74, 6) is 1.45. The fourth-order valence-corrected chi connectivity index (χ4v) is 4.53. The lowest BCUT2D eigenvalue weighted by molar-refractivity contribution is -0.139. The van der Waals surface area contributed by atoms with Gasteiger partial charge in [-0.2, -0.15) is 0 Å². The zero-order chi connectivity index (χ0) is 23.4. The Morgan fingerprint density at radius 3 is 2.79 bits per heavy atom. The average Bonchev–Trinajstić information content (AvgIpc) is 3.51. The number of hydrogen-bond acceptors (Lipinski definition) is 7. The lowest BCUT2D eigenvalue weighted by atomic mass is 9.99. The average molecular weight is 456 g/mol. The Kier molecular flexibility index (Phi) is 6.88. The molecular weight excluding hydrogens is 426 g/mol. The van der Waals surface area contributed by atoms with Gasteiger partial charge in [0.25, 0.3) is 0 Å². The van der Waals surface area contributed by atoms with Crippen LogP contribution in [0.4, 0.5) is 4.79 Å². The minimum absolute atomic E-state index is 0.0654. The predicted octanol–water partition coefficient (Wildman–Crippen LogP) is 3.31. The maximum absolute atomic E-state index is 13.0. The number of carbonyl (C=O) groups excluding carboxylic acids is 2. The summed E-state index contributed by atoms with van der Waals surface area (Å²) in [6, 6.07) is 8.19. The summed E-state index contributed by atoms with van der Waals surface area (Å²) in [6.07, 6.45) is 3.42. The molecule has 9 heteroatoms. The molecule has 0 aliphatic carbocycles. The number of carbonyl (C=O) groups is 2. The van der Waals surface area contributed by atoms with Gasteiger partial charge in [0.1, 0.15) is 23.3 Å². The van der Waals surface area contributed by atoms with Gasteiger partial charge in [-0.25, -0.2) is 9.59 Å². The molecule has 1 fully saturated rings. The van der Waals surface area contributed by atoms with Gasteiger partial charge in [0.05, 0.1) is 32.7 Å². The van der Waals surface area contributed by atoms with Crippen LogP contribution in [0.25, 0.3) is 0 Å². The number of rotatable bonds is 8. The van der Waals surface area contributed by atoms with E-state index in [2.05, 4.69) is 15.5 Å². The van der Waals surface area contributed by atoms with Gasteiger partial charge in [-0.15, -0.1) is 0 Å². The molecule has 1 saturated heterocycles. The molecule has 0 radical (unpaired) electrons. The highest BCUT2D eigenvalue weighted by atomic mass is 16.5. The van der Waals surface area contributed by atoms with E-state index in [4.69, 9.17) is 18.6 Å². The second kappa shape index (κ2) is 9.99. The van der Waals surface area contributed by atoms with Gasteiger partial charge >= 0.3 is 12.0 Å². The van der Waals surface area contributed by atoms with Crippen molar-refractivity contribution >= 4 is 12.0 Å². The number of methoxy groups -OCH3 is 2. The second-order valence-electron chi connectivity index (χ2n) is 7.90. The Balaban J connectivity index is 1.69. The molecule has 0 spiro atoms. The molecule has 176 valence electrons. The summed E-state index contributed by atoms with van der Waals surface area (Å²) in [7, 11) is 3.26. The van der Waals surface area contributed by atoms with Crippen LogP contribution in [-0.2, 0) is 9.53 Å². The molecule has 2 aromatic rings. The molecule has 0 saturated carbocycles. The Hall–Kier alpha value is -3.46. The first-order valence-corrected chi connectivity index (χ1v) is 11.0. The molecule has 1 aromatic carbocycles. The molecular formula is C24H29N3O6. The monoisotopic (exact) mass is 455 g/mol. The molecule has 1 aromatic heterocycles. The van der Waals surface area contributed by atoms with Crippen LogP contribution in [0.15, 0.2) is 52.3 Å². The van der Waals surface area contributed by atoms with Crippen molar-refractivity contribution in [1.29, 1.82) is 0 Å². The lowest BCUT2D eigenvalue weighted by Gasteiger charge is -2.32. The van der Waals surface area contributed by atoms with Crippen molar-refractivity contribution < 1.29 is 28.2 Å². The molecule has 2 amide bonds. The molecule has 2 aliphatic rings. The molecule has 4 rings (SSSR count). The predicted molar refractivity (Wildman–Crippen MR) is 120 cm³/mol. The summed E-state index contributed by atoms with van der Waals surface area (Å²) < 4.78 is 21.8. The summed E-state index contributed by atoms with van der Waals surface area (Å²) >= 11 is 0. The molecule has 2 aliphatic heterocycles. The quantitative estimate of drug-likeness (QED) is 0.589. The summed E-state index contributed by atoms with van der Waals surface area (Å²) in [4.78, 5) is 27.7. The van der Waals surface area contributed by atoms with Crippen molar-refractivity contribution in [2.24, 2.45) is 0 Å². The lowest BCUT2D eigenvalue weighted by Crippen LogP contribution is -2.48. The van der Waals surface area contributed by atoms with E-state index in [0.29, 0.717) is 23.6 Å². The van der Waals surface area contributed by atoms with Gasteiger partial charge in [-0.1, -0.05) is 6.07 Å². The Morgan fingerprint density at radius 2 is 2.09 bits per heavy atom. The fourth-order valence-electron chi connectivity index (χ4n) is 4.53. The number of benzene rings is 1. The van der Waals surface area contributed by atoms with Crippen LogP contribution in [0.5, 0.6) is 11.5 Å². The minimum atomic E-state index is -0.723. The van der Waals surface area contributed by atoms with Gasteiger partial charge < -0.3 is 29.3 Å². The van der Waals surface area contributed by atoms with Gasteiger partial charge in [0.2, 0.25) is 0 Å². The molecule has 2 N–H and O–H groups in total. The molecule has 9 nitrogen and oxygen atoms in total. The van der Waals surface area contributed by atoms with Gasteiger partial charge in [-0.05, 0) is 44.5 Å². The smallest absolute Gasteiger partial charge is 0.338 e. The number of urea groups is 1. The normalized spacial score (nSPS) is 20.9. The maximum Gasteiger partial charge on any atom is 0.338 e. The number of nitrogens with one attached hydrogen (secondary N) is 2. The van der Waals surface area contributed by atoms with Crippen LogP contribution in [0.3, 0.4) is 0 Å². The third-order valence-corrected chi connectivity index (χ3v) is 6.00. The zero-order valence-corrected chi connectivity index (χ0v) is 19.1. The largest absolute Gasteiger partial charge is 0.497 e. The highest BCUT2D eigenvalue weighted by molar-refractivity contribution is 5.95. The molecule has 0 unspecified atom stereocenters. The highest BCUT2D eigenvalue weighted by Gasteiger charge is 2.37.